The summed E-state index contributed by atoms with van der Waals surface area (Å²) in [6, 6.07) is 3.51. The molecular weight excluding hydrogens is 316 g/mol. The second-order valence-electron chi connectivity index (χ2n) is 5.89. The van der Waals surface area contributed by atoms with Crippen LogP contribution in [-0.2, 0) is 9.59 Å². The highest BCUT2D eigenvalue weighted by molar-refractivity contribution is 6.31. The lowest BCUT2D eigenvalue weighted by molar-refractivity contribution is -0.122. The largest absolute Gasteiger partial charge is 0.495 e. The average Bonchev–Trinajstić information content (AvgIpc) is 2.45. The molecule has 1 rings (SSSR count). The van der Waals surface area contributed by atoms with Gasteiger partial charge in [0.1, 0.15) is 5.75 Å². The van der Waals surface area contributed by atoms with Crippen LogP contribution in [0.15, 0.2) is 12.1 Å². The molecule has 1 aromatic carbocycles. The highest BCUT2D eigenvalue weighted by Gasteiger charge is 2.18. The highest BCUT2D eigenvalue weighted by atomic mass is 35.5. The molecule has 23 heavy (non-hydrogen) atoms. The molecule has 0 aliphatic carbocycles. The van der Waals surface area contributed by atoms with Crippen LogP contribution >= 0.6 is 11.6 Å². The van der Waals surface area contributed by atoms with Crippen LogP contribution in [0.1, 0.15) is 32.8 Å². The second-order valence-corrected chi connectivity index (χ2v) is 6.30. The van der Waals surface area contributed by atoms with Gasteiger partial charge in [-0.05, 0) is 24.5 Å². The van der Waals surface area contributed by atoms with Gasteiger partial charge in [-0.15, -0.1) is 0 Å². The topological polar surface area (TPSA) is 58.6 Å². The van der Waals surface area contributed by atoms with Crippen LogP contribution in [0.2, 0.25) is 5.02 Å². The number of carbonyl (C=O) groups is 2. The Kier molecular flexibility index (Phi) is 7.36. The number of aryl methyl sites for hydroxylation is 1. The van der Waals surface area contributed by atoms with Crippen LogP contribution in [0.3, 0.4) is 0 Å². The molecule has 0 saturated carbocycles. The number of halogens is 1. The number of benzene rings is 1. The zero-order chi connectivity index (χ0) is 17.6. The molecule has 0 atom stereocenters. The van der Waals surface area contributed by atoms with Gasteiger partial charge in [0.05, 0.1) is 12.8 Å². The van der Waals surface area contributed by atoms with Gasteiger partial charge in [-0.25, -0.2) is 0 Å². The van der Waals surface area contributed by atoms with Crippen molar-refractivity contribution in [2.75, 3.05) is 25.1 Å². The highest BCUT2D eigenvalue weighted by Crippen LogP contribution is 2.33. The lowest BCUT2D eigenvalue weighted by atomic mass is 10.1. The van der Waals surface area contributed by atoms with E-state index in [4.69, 9.17) is 16.3 Å². The molecule has 0 saturated heterocycles. The smallest absolute Gasteiger partial charge is 0.224 e. The summed E-state index contributed by atoms with van der Waals surface area (Å²) < 4.78 is 5.33. The molecule has 1 aromatic rings. The van der Waals surface area contributed by atoms with E-state index in [2.05, 4.69) is 5.32 Å². The summed E-state index contributed by atoms with van der Waals surface area (Å²) in [5.41, 5.74) is 1.51. The van der Waals surface area contributed by atoms with Crippen molar-refractivity contribution in [2.45, 2.75) is 34.1 Å². The maximum absolute atomic E-state index is 12.0. The van der Waals surface area contributed by atoms with Crippen molar-refractivity contribution in [3.63, 3.8) is 0 Å². The molecule has 0 aromatic heterocycles. The van der Waals surface area contributed by atoms with Gasteiger partial charge < -0.3 is 15.0 Å². The first-order chi connectivity index (χ1) is 10.8. The molecule has 5 nitrogen and oxygen atoms in total. The number of carbonyl (C=O) groups excluding carboxylic acids is 2. The minimum Gasteiger partial charge on any atom is -0.495 e. The third-order valence-corrected chi connectivity index (χ3v) is 3.79. The molecule has 0 radical (unpaired) electrons. The van der Waals surface area contributed by atoms with Crippen LogP contribution in [-0.4, -0.2) is 32.0 Å². The molecule has 1 N–H and O–H groups in total. The second kappa shape index (κ2) is 8.77. The molecule has 0 unspecified atom stereocenters. The van der Waals surface area contributed by atoms with Gasteiger partial charge in [0.2, 0.25) is 11.8 Å². The standard InChI is InChI=1S/C17H25ClN2O3/c1-11(2)8-17(22)19-6-7-20(13(4)21)15-9-12(3)14(18)10-16(15)23-5/h9-11H,6-8H2,1-5H3,(H,19,22). The Bertz CT molecular complexity index is 573. The van der Waals surface area contributed by atoms with E-state index in [-0.39, 0.29) is 11.8 Å². The molecule has 0 bridgehead atoms. The fourth-order valence-electron chi connectivity index (χ4n) is 2.22. The predicted molar refractivity (Wildman–Crippen MR) is 93.2 cm³/mol. The number of hydrogen-bond acceptors (Lipinski definition) is 3. The van der Waals surface area contributed by atoms with E-state index in [1.165, 1.54) is 14.0 Å². The van der Waals surface area contributed by atoms with Gasteiger partial charge in [0, 0.05) is 37.5 Å². The van der Waals surface area contributed by atoms with E-state index in [0.29, 0.717) is 41.9 Å². The summed E-state index contributed by atoms with van der Waals surface area (Å²) in [5.74, 6) is 0.702. The average molecular weight is 341 g/mol. The van der Waals surface area contributed by atoms with Crippen molar-refractivity contribution in [3.05, 3.63) is 22.7 Å². The van der Waals surface area contributed by atoms with E-state index in [0.717, 1.165) is 5.56 Å². The third-order valence-electron chi connectivity index (χ3n) is 3.38. The molecule has 2 amide bonds. The number of anilines is 1. The van der Waals surface area contributed by atoms with Crippen LogP contribution in [0, 0.1) is 12.8 Å². The molecule has 0 fully saturated rings. The molecule has 128 valence electrons. The Morgan fingerprint density at radius 1 is 1.35 bits per heavy atom. The molecule has 0 heterocycles. The van der Waals surface area contributed by atoms with Crippen LogP contribution in [0.5, 0.6) is 5.75 Å². The Morgan fingerprint density at radius 2 is 2.00 bits per heavy atom. The summed E-state index contributed by atoms with van der Waals surface area (Å²) in [7, 11) is 1.53. The summed E-state index contributed by atoms with van der Waals surface area (Å²) in [4.78, 5) is 25.3. The van der Waals surface area contributed by atoms with Crippen molar-refractivity contribution in [2.24, 2.45) is 5.92 Å². The number of hydrogen-bond donors (Lipinski definition) is 1. The lowest BCUT2D eigenvalue weighted by Crippen LogP contribution is -2.38. The van der Waals surface area contributed by atoms with E-state index < -0.39 is 0 Å². The third kappa shape index (κ3) is 5.75. The molecule has 6 heteroatoms. The normalized spacial score (nSPS) is 10.6. The van der Waals surface area contributed by atoms with Gasteiger partial charge in [0.15, 0.2) is 0 Å². The lowest BCUT2D eigenvalue weighted by Gasteiger charge is -2.24. The van der Waals surface area contributed by atoms with Crippen molar-refractivity contribution >= 4 is 29.1 Å². The minimum absolute atomic E-state index is 0.0113. The fourth-order valence-corrected chi connectivity index (χ4v) is 2.37. The number of rotatable bonds is 7. The Morgan fingerprint density at radius 3 is 2.52 bits per heavy atom. The predicted octanol–water partition coefficient (Wildman–Crippen LogP) is 3.17. The Balaban J connectivity index is 2.85. The quantitative estimate of drug-likeness (QED) is 0.829. The molecule has 0 aliphatic heterocycles. The Labute approximate surface area is 142 Å². The zero-order valence-electron chi connectivity index (χ0n) is 14.4. The molecule has 0 aliphatic rings. The van der Waals surface area contributed by atoms with Gasteiger partial charge in [-0.3, -0.25) is 9.59 Å². The zero-order valence-corrected chi connectivity index (χ0v) is 15.2. The summed E-state index contributed by atoms with van der Waals surface area (Å²) in [6.45, 7) is 8.09. The summed E-state index contributed by atoms with van der Waals surface area (Å²) >= 11 is 6.10. The maximum Gasteiger partial charge on any atom is 0.224 e. The number of methoxy groups -OCH3 is 1. The van der Waals surface area contributed by atoms with Crippen LogP contribution in [0.4, 0.5) is 5.69 Å². The van der Waals surface area contributed by atoms with Crippen molar-refractivity contribution in [1.82, 2.24) is 5.32 Å². The van der Waals surface area contributed by atoms with Gasteiger partial charge in [-0.1, -0.05) is 25.4 Å². The molecular formula is C17H25ClN2O3. The maximum atomic E-state index is 12.0. The monoisotopic (exact) mass is 340 g/mol. The number of amides is 2. The van der Waals surface area contributed by atoms with Crippen molar-refractivity contribution in [1.29, 1.82) is 0 Å². The first kappa shape index (κ1) is 19.3. The summed E-state index contributed by atoms with van der Waals surface area (Å²) in [6.07, 6.45) is 0.476. The van der Waals surface area contributed by atoms with Gasteiger partial charge >= 0.3 is 0 Å². The minimum atomic E-state index is -0.122. The fraction of sp³-hybridized carbons (Fsp3) is 0.529. The van der Waals surface area contributed by atoms with Crippen LogP contribution < -0.4 is 15.0 Å². The van der Waals surface area contributed by atoms with E-state index in [1.54, 1.807) is 11.0 Å². The first-order valence-electron chi connectivity index (χ1n) is 7.65. The van der Waals surface area contributed by atoms with E-state index >= 15 is 0 Å². The van der Waals surface area contributed by atoms with Crippen molar-refractivity contribution < 1.29 is 14.3 Å². The number of nitrogens with zero attached hydrogens (tertiary/aromatic N) is 1. The van der Waals surface area contributed by atoms with Crippen LogP contribution in [0.25, 0.3) is 0 Å². The summed E-state index contributed by atoms with van der Waals surface area (Å²) in [5, 5.41) is 3.42. The van der Waals surface area contributed by atoms with Crippen molar-refractivity contribution in [3.8, 4) is 5.75 Å². The Hall–Kier alpha value is -1.75. The number of nitrogens with one attached hydrogen (secondary N) is 1. The molecule has 0 spiro atoms. The van der Waals surface area contributed by atoms with Gasteiger partial charge in [-0.2, -0.15) is 0 Å². The van der Waals surface area contributed by atoms with Gasteiger partial charge in [0.25, 0.3) is 0 Å². The van der Waals surface area contributed by atoms with E-state index in [9.17, 15) is 9.59 Å². The van der Waals surface area contributed by atoms with E-state index in [1.807, 2.05) is 26.8 Å². The first-order valence-corrected chi connectivity index (χ1v) is 8.03. The SMILES string of the molecule is COc1cc(Cl)c(C)cc1N(CCNC(=O)CC(C)C)C(C)=O. The number of ether oxygens (including phenoxy) is 1.